The number of hydrogen-bond donors (Lipinski definition) is 1. The molecule has 110 valence electrons. The van der Waals surface area contributed by atoms with E-state index in [9.17, 15) is 10.1 Å². The minimum Gasteiger partial charge on any atom is -0.306 e. The summed E-state index contributed by atoms with van der Waals surface area (Å²) in [6.45, 7) is 2.57. The first-order valence-electron chi connectivity index (χ1n) is 6.39. The lowest BCUT2D eigenvalue weighted by atomic mass is 10.1. The molecule has 2 aromatic carbocycles. The Bertz CT molecular complexity index is 664. The lowest BCUT2D eigenvalue weighted by Gasteiger charge is -2.14. The van der Waals surface area contributed by atoms with Gasteiger partial charge in [0, 0.05) is 23.7 Å². The first-order chi connectivity index (χ1) is 9.97. The molecule has 0 amide bonds. The van der Waals surface area contributed by atoms with E-state index in [-0.39, 0.29) is 11.7 Å². The SMILES string of the molecule is C[C@H](NCc1ccc(Br)c([N+](=O)[O-])c1)c1cccc(Cl)c1. The number of nitrogens with zero attached hydrogens (tertiary/aromatic N) is 1. The average Bonchev–Trinajstić information content (AvgIpc) is 2.45. The molecule has 0 aromatic heterocycles. The molecule has 0 saturated heterocycles. The third-order valence-electron chi connectivity index (χ3n) is 3.17. The van der Waals surface area contributed by atoms with Crippen molar-refractivity contribution < 1.29 is 4.92 Å². The van der Waals surface area contributed by atoms with Crippen molar-refractivity contribution in [2.45, 2.75) is 19.5 Å². The van der Waals surface area contributed by atoms with Crippen molar-refractivity contribution in [3.63, 3.8) is 0 Å². The second kappa shape index (κ2) is 7.02. The third-order valence-corrected chi connectivity index (χ3v) is 4.07. The second-order valence-electron chi connectivity index (χ2n) is 4.70. The maximum Gasteiger partial charge on any atom is 0.283 e. The van der Waals surface area contributed by atoms with E-state index in [2.05, 4.69) is 21.2 Å². The fraction of sp³-hybridized carbons (Fsp3) is 0.200. The number of rotatable bonds is 5. The molecule has 0 saturated carbocycles. The molecular formula is C15H14BrClN2O2. The number of nitro groups is 1. The van der Waals surface area contributed by atoms with Gasteiger partial charge in [0.05, 0.1) is 9.40 Å². The minimum absolute atomic E-state index is 0.0738. The zero-order valence-corrected chi connectivity index (χ0v) is 13.7. The molecule has 4 nitrogen and oxygen atoms in total. The smallest absolute Gasteiger partial charge is 0.283 e. The van der Waals surface area contributed by atoms with Gasteiger partial charge in [0.1, 0.15) is 0 Å². The maximum absolute atomic E-state index is 10.9. The first-order valence-corrected chi connectivity index (χ1v) is 7.56. The predicted octanol–water partition coefficient (Wildman–Crippen LogP) is 4.86. The summed E-state index contributed by atoms with van der Waals surface area (Å²) in [7, 11) is 0. The maximum atomic E-state index is 10.9. The van der Waals surface area contributed by atoms with E-state index in [4.69, 9.17) is 11.6 Å². The van der Waals surface area contributed by atoms with Gasteiger partial charge in [-0.15, -0.1) is 0 Å². The number of halogens is 2. The van der Waals surface area contributed by atoms with Crippen LogP contribution in [0.4, 0.5) is 5.69 Å². The summed E-state index contributed by atoms with van der Waals surface area (Å²) in [6, 6.07) is 12.9. The van der Waals surface area contributed by atoms with E-state index in [0.29, 0.717) is 16.0 Å². The van der Waals surface area contributed by atoms with Crippen LogP contribution in [0.1, 0.15) is 24.1 Å². The molecule has 0 spiro atoms. The van der Waals surface area contributed by atoms with Gasteiger partial charge in [-0.2, -0.15) is 0 Å². The van der Waals surface area contributed by atoms with Crippen LogP contribution in [0, 0.1) is 10.1 Å². The summed E-state index contributed by atoms with van der Waals surface area (Å²) in [5.41, 5.74) is 2.01. The van der Waals surface area contributed by atoms with Gasteiger partial charge >= 0.3 is 0 Å². The number of nitro benzene ring substituents is 1. The number of nitrogens with one attached hydrogen (secondary N) is 1. The van der Waals surface area contributed by atoms with Crippen molar-refractivity contribution in [3.05, 3.63) is 73.2 Å². The Balaban J connectivity index is 2.06. The molecule has 0 heterocycles. The Morgan fingerprint density at radius 1 is 1.33 bits per heavy atom. The molecule has 0 unspecified atom stereocenters. The monoisotopic (exact) mass is 368 g/mol. The van der Waals surface area contributed by atoms with Crippen LogP contribution in [0.2, 0.25) is 5.02 Å². The zero-order valence-electron chi connectivity index (χ0n) is 11.3. The molecule has 0 aliphatic heterocycles. The standard InChI is InChI=1S/C15H14BrClN2O2/c1-10(12-3-2-4-13(17)8-12)18-9-11-5-6-14(16)15(7-11)19(20)21/h2-8,10,18H,9H2,1H3/t10-/m0/s1. The van der Waals surface area contributed by atoms with E-state index in [1.54, 1.807) is 12.1 Å². The van der Waals surface area contributed by atoms with Gasteiger partial charge < -0.3 is 5.32 Å². The molecule has 0 bridgehead atoms. The lowest BCUT2D eigenvalue weighted by Crippen LogP contribution is -2.18. The molecule has 0 aliphatic carbocycles. The highest BCUT2D eigenvalue weighted by Crippen LogP contribution is 2.26. The summed E-state index contributed by atoms with van der Waals surface area (Å²) in [4.78, 5) is 10.5. The largest absolute Gasteiger partial charge is 0.306 e. The molecule has 2 rings (SSSR count). The highest BCUT2D eigenvalue weighted by Gasteiger charge is 2.13. The summed E-state index contributed by atoms with van der Waals surface area (Å²) in [6.07, 6.45) is 0. The van der Waals surface area contributed by atoms with Gasteiger partial charge in [0.25, 0.3) is 5.69 Å². The molecule has 2 aromatic rings. The fourth-order valence-electron chi connectivity index (χ4n) is 1.97. The van der Waals surface area contributed by atoms with Gasteiger partial charge in [-0.25, -0.2) is 0 Å². The zero-order chi connectivity index (χ0) is 15.4. The van der Waals surface area contributed by atoms with Crippen LogP contribution in [-0.4, -0.2) is 4.92 Å². The number of benzene rings is 2. The van der Waals surface area contributed by atoms with Crippen LogP contribution in [0.5, 0.6) is 0 Å². The van der Waals surface area contributed by atoms with Crippen molar-refractivity contribution in [2.75, 3.05) is 0 Å². The Labute approximate surface area is 136 Å². The van der Waals surface area contributed by atoms with Crippen molar-refractivity contribution >= 4 is 33.2 Å². The Morgan fingerprint density at radius 3 is 2.76 bits per heavy atom. The molecule has 1 N–H and O–H groups in total. The average molecular weight is 370 g/mol. The summed E-state index contributed by atoms with van der Waals surface area (Å²) in [5, 5.41) is 14.9. The van der Waals surface area contributed by atoms with Gasteiger partial charge in [0.2, 0.25) is 0 Å². The Morgan fingerprint density at radius 2 is 2.10 bits per heavy atom. The summed E-state index contributed by atoms with van der Waals surface area (Å²) < 4.78 is 0.485. The van der Waals surface area contributed by atoms with Crippen LogP contribution in [0.3, 0.4) is 0 Å². The van der Waals surface area contributed by atoms with Gasteiger partial charge in [-0.3, -0.25) is 10.1 Å². The van der Waals surface area contributed by atoms with Crippen LogP contribution >= 0.6 is 27.5 Å². The van der Waals surface area contributed by atoms with Gasteiger partial charge in [-0.1, -0.05) is 29.8 Å². The highest BCUT2D eigenvalue weighted by atomic mass is 79.9. The highest BCUT2D eigenvalue weighted by molar-refractivity contribution is 9.10. The molecule has 0 radical (unpaired) electrons. The van der Waals surface area contributed by atoms with E-state index in [1.807, 2.05) is 37.3 Å². The van der Waals surface area contributed by atoms with Crippen molar-refractivity contribution in [1.29, 1.82) is 0 Å². The van der Waals surface area contributed by atoms with Gasteiger partial charge in [-0.05, 0) is 52.2 Å². The minimum atomic E-state index is -0.395. The number of hydrogen-bond acceptors (Lipinski definition) is 3. The summed E-state index contributed by atoms with van der Waals surface area (Å²) in [5.74, 6) is 0. The lowest BCUT2D eigenvalue weighted by molar-refractivity contribution is -0.385. The van der Waals surface area contributed by atoms with Crippen molar-refractivity contribution in [1.82, 2.24) is 5.32 Å². The van der Waals surface area contributed by atoms with Crippen LogP contribution < -0.4 is 5.32 Å². The quantitative estimate of drug-likeness (QED) is 0.605. The fourth-order valence-corrected chi connectivity index (χ4v) is 2.56. The van der Waals surface area contributed by atoms with E-state index < -0.39 is 4.92 Å². The molecule has 6 heteroatoms. The Kier molecular flexibility index (Phi) is 5.33. The van der Waals surface area contributed by atoms with Crippen molar-refractivity contribution in [2.24, 2.45) is 0 Å². The molecular weight excluding hydrogens is 356 g/mol. The molecule has 0 fully saturated rings. The van der Waals surface area contributed by atoms with Crippen LogP contribution in [0.15, 0.2) is 46.9 Å². The van der Waals surface area contributed by atoms with E-state index in [0.717, 1.165) is 11.1 Å². The Hall–Kier alpha value is -1.43. The topological polar surface area (TPSA) is 55.2 Å². The second-order valence-corrected chi connectivity index (χ2v) is 5.99. The van der Waals surface area contributed by atoms with Crippen LogP contribution in [0.25, 0.3) is 0 Å². The molecule has 21 heavy (non-hydrogen) atoms. The van der Waals surface area contributed by atoms with Gasteiger partial charge in [0.15, 0.2) is 0 Å². The summed E-state index contributed by atoms with van der Waals surface area (Å²) >= 11 is 9.15. The predicted molar refractivity (Wildman–Crippen MR) is 87.5 cm³/mol. The molecule has 0 aliphatic rings. The van der Waals surface area contributed by atoms with E-state index >= 15 is 0 Å². The van der Waals surface area contributed by atoms with Crippen molar-refractivity contribution in [3.8, 4) is 0 Å². The molecule has 1 atom stereocenters. The third kappa shape index (κ3) is 4.27. The van der Waals surface area contributed by atoms with Crippen LogP contribution in [-0.2, 0) is 6.54 Å². The first kappa shape index (κ1) is 15.9. The normalized spacial score (nSPS) is 12.1. The van der Waals surface area contributed by atoms with E-state index in [1.165, 1.54) is 0 Å².